The smallest absolute Gasteiger partial charge is 0.272 e. The summed E-state index contributed by atoms with van der Waals surface area (Å²) in [6, 6.07) is 11.7. The molecule has 0 fully saturated rings. The Morgan fingerprint density at radius 2 is 2.17 bits per heavy atom. The molecule has 0 saturated carbocycles. The number of hydrogen-bond donors (Lipinski definition) is 1. The number of nitrogens with zero attached hydrogens (tertiary/aromatic N) is 4. The lowest BCUT2D eigenvalue weighted by atomic mass is 10.1. The molecule has 1 atom stereocenters. The van der Waals surface area contributed by atoms with Crippen molar-refractivity contribution in [3.63, 3.8) is 0 Å². The Bertz CT molecular complexity index is 851. The largest absolute Gasteiger partial charge is 0.348 e. The molecule has 4 heterocycles. The van der Waals surface area contributed by atoms with Gasteiger partial charge in [0.05, 0.1) is 11.7 Å². The quantitative estimate of drug-likeness (QED) is 0.806. The SMILES string of the molecule is CCC1c2cccn2CCN1C(=O)c1cc(-c2ccccn2)n[nH]1. The van der Waals surface area contributed by atoms with E-state index in [-0.39, 0.29) is 11.9 Å². The van der Waals surface area contributed by atoms with Crippen molar-refractivity contribution in [2.75, 3.05) is 6.54 Å². The summed E-state index contributed by atoms with van der Waals surface area (Å²) < 4.78 is 2.23. The number of hydrogen-bond acceptors (Lipinski definition) is 3. The highest BCUT2D eigenvalue weighted by Crippen LogP contribution is 2.30. The lowest BCUT2D eigenvalue weighted by Crippen LogP contribution is -2.41. The number of H-pyrrole nitrogens is 1. The molecule has 1 aliphatic heterocycles. The number of fused-ring (bicyclic) bond motifs is 1. The first-order chi connectivity index (χ1) is 11.8. The van der Waals surface area contributed by atoms with Gasteiger partial charge in [-0.3, -0.25) is 14.9 Å². The summed E-state index contributed by atoms with van der Waals surface area (Å²) in [6.07, 6.45) is 4.68. The predicted octanol–water partition coefficient (Wildman–Crippen LogP) is 2.88. The van der Waals surface area contributed by atoms with Crippen molar-refractivity contribution in [1.29, 1.82) is 0 Å². The second-order valence-corrected chi connectivity index (χ2v) is 5.93. The third kappa shape index (κ3) is 2.40. The van der Waals surface area contributed by atoms with Gasteiger partial charge in [0.2, 0.25) is 0 Å². The molecule has 0 bridgehead atoms. The maximum atomic E-state index is 13.0. The summed E-state index contributed by atoms with van der Waals surface area (Å²) >= 11 is 0. The molecule has 0 saturated heterocycles. The lowest BCUT2D eigenvalue weighted by molar-refractivity contribution is 0.0611. The van der Waals surface area contributed by atoms with Crippen LogP contribution in [0.2, 0.25) is 0 Å². The van der Waals surface area contributed by atoms with Gasteiger partial charge in [0.25, 0.3) is 5.91 Å². The molecule has 6 nitrogen and oxygen atoms in total. The Labute approximate surface area is 140 Å². The zero-order valence-corrected chi connectivity index (χ0v) is 13.5. The van der Waals surface area contributed by atoms with Crippen molar-refractivity contribution in [2.24, 2.45) is 0 Å². The molecule has 4 rings (SSSR count). The molecule has 0 radical (unpaired) electrons. The molecule has 1 amide bonds. The lowest BCUT2D eigenvalue weighted by Gasteiger charge is -2.36. The summed E-state index contributed by atoms with van der Waals surface area (Å²) in [7, 11) is 0. The molecular formula is C18H19N5O. The Balaban J connectivity index is 1.61. The number of carbonyl (C=O) groups is 1. The molecule has 0 aromatic carbocycles. The van der Waals surface area contributed by atoms with Crippen LogP contribution in [0.25, 0.3) is 11.4 Å². The van der Waals surface area contributed by atoms with Gasteiger partial charge in [-0.15, -0.1) is 0 Å². The van der Waals surface area contributed by atoms with Crippen LogP contribution in [0.3, 0.4) is 0 Å². The number of amides is 1. The van der Waals surface area contributed by atoms with E-state index in [2.05, 4.69) is 38.9 Å². The minimum Gasteiger partial charge on any atom is -0.348 e. The fourth-order valence-corrected chi connectivity index (χ4v) is 3.37. The highest BCUT2D eigenvalue weighted by molar-refractivity contribution is 5.93. The van der Waals surface area contributed by atoms with E-state index in [4.69, 9.17) is 0 Å². The van der Waals surface area contributed by atoms with Crippen LogP contribution < -0.4 is 0 Å². The first-order valence-corrected chi connectivity index (χ1v) is 8.20. The van der Waals surface area contributed by atoms with Crippen LogP contribution in [0.4, 0.5) is 0 Å². The second-order valence-electron chi connectivity index (χ2n) is 5.93. The monoisotopic (exact) mass is 321 g/mol. The van der Waals surface area contributed by atoms with Crippen LogP contribution in [0.1, 0.15) is 35.6 Å². The number of carbonyl (C=O) groups excluding carboxylic acids is 1. The van der Waals surface area contributed by atoms with E-state index >= 15 is 0 Å². The number of nitrogens with one attached hydrogen (secondary N) is 1. The van der Waals surface area contributed by atoms with Crippen molar-refractivity contribution in [3.8, 4) is 11.4 Å². The molecular weight excluding hydrogens is 302 g/mol. The van der Waals surface area contributed by atoms with E-state index in [1.54, 1.807) is 12.3 Å². The Morgan fingerprint density at radius 1 is 1.25 bits per heavy atom. The predicted molar refractivity (Wildman–Crippen MR) is 90.3 cm³/mol. The number of rotatable bonds is 3. The Morgan fingerprint density at radius 3 is 2.96 bits per heavy atom. The Kier molecular flexibility index (Phi) is 3.65. The van der Waals surface area contributed by atoms with Crippen LogP contribution in [-0.4, -0.2) is 37.1 Å². The molecule has 0 aliphatic carbocycles. The van der Waals surface area contributed by atoms with Gasteiger partial charge < -0.3 is 9.47 Å². The van der Waals surface area contributed by atoms with Gasteiger partial charge in [-0.1, -0.05) is 13.0 Å². The van der Waals surface area contributed by atoms with E-state index in [1.807, 2.05) is 29.2 Å². The van der Waals surface area contributed by atoms with Gasteiger partial charge in [0.15, 0.2) is 0 Å². The molecule has 0 spiro atoms. The number of aromatic nitrogens is 4. The normalized spacial score (nSPS) is 16.9. The molecule has 6 heteroatoms. The third-order valence-corrected chi connectivity index (χ3v) is 4.55. The Hall–Kier alpha value is -2.89. The van der Waals surface area contributed by atoms with Crippen LogP contribution in [-0.2, 0) is 6.54 Å². The van der Waals surface area contributed by atoms with Crippen molar-refractivity contribution < 1.29 is 4.79 Å². The molecule has 3 aromatic heterocycles. The van der Waals surface area contributed by atoms with Crippen LogP contribution in [0.15, 0.2) is 48.8 Å². The van der Waals surface area contributed by atoms with Crippen LogP contribution in [0, 0.1) is 0 Å². The van der Waals surface area contributed by atoms with E-state index in [0.29, 0.717) is 17.9 Å². The maximum absolute atomic E-state index is 13.0. The zero-order chi connectivity index (χ0) is 16.5. The molecule has 24 heavy (non-hydrogen) atoms. The highest BCUT2D eigenvalue weighted by Gasteiger charge is 2.31. The minimum atomic E-state index is -0.0102. The number of aromatic amines is 1. The van der Waals surface area contributed by atoms with E-state index in [9.17, 15) is 4.79 Å². The van der Waals surface area contributed by atoms with Gasteiger partial charge in [-0.2, -0.15) is 5.10 Å². The van der Waals surface area contributed by atoms with E-state index in [1.165, 1.54) is 5.69 Å². The van der Waals surface area contributed by atoms with E-state index < -0.39 is 0 Å². The zero-order valence-electron chi connectivity index (χ0n) is 13.5. The summed E-state index contributed by atoms with van der Waals surface area (Å²) in [6.45, 7) is 3.64. The van der Waals surface area contributed by atoms with Crippen molar-refractivity contribution in [2.45, 2.75) is 25.9 Å². The van der Waals surface area contributed by atoms with Crippen molar-refractivity contribution in [1.82, 2.24) is 24.6 Å². The van der Waals surface area contributed by atoms with Crippen molar-refractivity contribution >= 4 is 5.91 Å². The maximum Gasteiger partial charge on any atom is 0.272 e. The molecule has 1 N–H and O–H groups in total. The fraction of sp³-hybridized carbons (Fsp3) is 0.278. The standard InChI is InChI=1S/C18H19N5O/c1-2-16-17-7-5-9-22(17)10-11-23(16)18(24)15-12-14(20-21-15)13-6-3-4-8-19-13/h3-9,12,16H,2,10-11H2,1H3,(H,20,21). The van der Waals surface area contributed by atoms with Gasteiger partial charge in [-0.25, -0.2) is 0 Å². The molecule has 122 valence electrons. The average Bonchev–Trinajstić information content (AvgIpc) is 3.30. The average molecular weight is 321 g/mol. The van der Waals surface area contributed by atoms with Gasteiger partial charge in [0.1, 0.15) is 11.4 Å². The first kappa shape index (κ1) is 14.7. The summed E-state index contributed by atoms with van der Waals surface area (Å²) in [5.74, 6) is -0.0102. The summed E-state index contributed by atoms with van der Waals surface area (Å²) in [5, 5.41) is 7.12. The van der Waals surface area contributed by atoms with Gasteiger partial charge >= 0.3 is 0 Å². The number of pyridine rings is 1. The summed E-state index contributed by atoms with van der Waals surface area (Å²) in [4.78, 5) is 19.2. The first-order valence-electron chi connectivity index (χ1n) is 8.20. The molecule has 1 aliphatic rings. The van der Waals surface area contributed by atoms with Crippen molar-refractivity contribution in [3.05, 3.63) is 60.2 Å². The summed E-state index contributed by atoms with van der Waals surface area (Å²) in [5.41, 5.74) is 3.15. The third-order valence-electron chi connectivity index (χ3n) is 4.55. The second kappa shape index (κ2) is 5.96. The van der Waals surface area contributed by atoms with E-state index in [0.717, 1.165) is 18.7 Å². The molecule has 1 unspecified atom stereocenters. The van der Waals surface area contributed by atoms with Gasteiger partial charge in [0, 0.05) is 31.2 Å². The topological polar surface area (TPSA) is 66.8 Å². The van der Waals surface area contributed by atoms with Crippen LogP contribution >= 0.6 is 0 Å². The van der Waals surface area contributed by atoms with Crippen LogP contribution in [0.5, 0.6) is 0 Å². The fourth-order valence-electron chi connectivity index (χ4n) is 3.37. The molecule has 3 aromatic rings. The van der Waals surface area contributed by atoms with Gasteiger partial charge in [-0.05, 0) is 36.8 Å². The minimum absolute atomic E-state index is 0.0102. The highest BCUT2D eigenvalue weighted by atomic mass is 16.2.